The van der Waals surface area contributed by atoms with Crippen molar-refractivity contribution in [2.75, 3.05) is 0 Å². The van der Waals surface area contributed by atoms with Gasteiger partial charge in [0.05, 0.1) is 10.2 Å². The fraction of sp³-hybridized carbons (Fsp3) is 0. The summed E-state index contributed by atoms with van der Waals surface area (Å²) in [5, 5.41) is 0. The van der Waals surface area contributed by atoms with Gasteiger partial charge in [0.2, 0.25) is 0 Å². The lowest BCUT2D eigenvalue weighted by atomic mass is 10.4. The van der Waals surface area contributed by atoms with Crippen LogP contribution in [-0.4, -0.2) is 14.5 Å². The van der Waals surface area contributed by atoms with Gasteiger partial charge in [-0.25, -0.2) is 4.98 Å². The van der Waals surface area contributed by atoms with E-state index in [0.717, 1.165) is 14.8 Å². The molecule has 0 unspecified atom stereocenters. The summed E-state index contributed by atoms with van der Waals surface area (Å²) < 4.78 is 3.67. The number of halogens is 2. The van der Waals surface area contributed by atoms with Gasteiger partial charge in [0.1, 0.15) is 10.9 Å². The molecule has 0 saturated carbocycles. The van der Waals surface area contributed by atoms with Crippen LogP contribution in [0.2, 0.25) is 0 Å². The van der Waals surface area contributed by atoms with Crippen molar-refractivity contribution in [2.24, 2.45) is 0 Å². The van der Waals surface area contributed by atoms with E-state index in [4.69, 9.17) is 0 Å². The average Bonchev–Trinajstić information content (AvgIpc) is 2.53. The maximum atomic E-state index is 4.07. The molecule has 3 nitrogen and oxygen atoms in total. The third-order valence-electron chi connectivity index (χ3n) is 1.58. The van der Waals surface area contributed by atoms with Crippen molar-refractivity contribution in [3.05, 3.63) is 40.1 Å². The summed E-state index contributed by atoms with van der Waals surface area (Å²) in [6.07, 6.45) is 7.13. The van der Waals surface area contributed by atoms with Gasteiger partial charge < -0.3 is 4.57 Å². The van der Waals surface area contributed by atoms with Crippen molar-refractivity contribution in [2.45, 2.75) is 0 Å². The Hall–Kier alpha value is -0.680. The number of aromatic nitrogens is 3. The van der Waals surface area contributed by atoms with E-state index in [2.05, 4.69) is 41.8 Å². The second-order valence-electron chi connectivity index (χ2n) is 2.43. The van der Waals surface area contributed by atoms with Crippen LogP contribution in [0.5, 0.6) is 0 Å². The first-order valence-electron chi connectivity index (χ1n) is 3.57. The van der Waals surface area contributed by atoms with Crippen LogP contribution in [-0.2, 0) is 0 Å². The number of rotatable bonds is 1. The van der Waals surface area contributed by atoms with Gasteiger partial charge in [-0.15, -0.1) is 0 Å². The van der Waals surface area contributed by atoms with E-state index in [-0.39, 0.29) is 0 Å². The van der Waals surface area contributed by atoms with Gasteiger partial charge in [-0.2, -0.15) is 0 Å². The number of pyridine rings is 1. The van der Waals surface area contributed by atoms with Crippen molar-refractivity contribution < 1.29 is 0 Å². The first-order valence-corrected chi connectivity index (χ1v) is 5.15. The fourth-order valence-corrected chi connectivity index (χ4v) is 1.78. The monoisotopic (exact) mass is 301 g/mol. The van der Waals surface area contributed by atoms with Gasteiger partial charge in [-0.1, -0.05) is 0 Å². The molecule has 2 aromatic heterocycles. The van der Waals surface area contributed by atoms with Crippen LogP contribution in [0.25, 0.3) is 5.69 Å². The van der Waals surface area contributed by atoms with E-state index < -0.39 is 0 Å². The molecular weight excluding hydrogens is 298 g/mol. The van der Waals surface area contributed by atoms with Crippen molar-refractivity contribution in [1.29, 1.82) is 0 Å². The van der Waals surface area contributed by atoms with Gasteiger partial charge in [0.25, 0.3) is 0 Å². The maximum Gasteiger partial charge on any atom is 0.124 e. The molecule has 0 atom stereocenters. The summed E-state index contributed by atoms with van der Waals surface area (Å²) in [6, 6.07) is 1.91. The van der Waals surface area contributed by atoms with Crippen LogP contribution in [0, 0.1) is 0 Å². The Labute approximate surface area is 92.1 Å². The summed E-state index contributed by atoms with van der Waals surface area (Å²) in [5.74, 6) is 0. The minimum Gasteiger partial charge on any atom is -0.304 e. The van der Waals surface area contributed by atoms with Gasteiger partial charge >= 0.3 is 0 Å². The highest BCUT2D eigenvalue weighted by Gasteiger charge is 2.01. The highest BCUT2D eigenvalue weighted by Crippen LogP contribution is 2.20. The zero-order valence-corrected chi connectivity index (χ0v) is 9.66. The highest BCUT2D eigenvalue weighted by atomic mass is 79.9. The molecule has 5 heteroatoms. The Bertz CT molecular complexity index is 425. The lowest BCUT2D eigenvalue weighted by Gasteiger charge is -2.02. The minimum absolute atomic E-state index is 0.816. The van der Waals surface area contributed by atoms with Crippen molar-refractivity contribution in [1.82, 2.24) is 14.5 Å². The Morgan fingerprint density at radius 2 is 2.15 bits per heavy atom. The van der Waals surface area contributed by atoms with Crippen LogP contribution in [0.3, 0.4) is 0 Å². The standard InChI is InChI=1S/C8H5Br2N3/c9-6-3-11-2-1-7(6)13-4-8(10)12-5-13/h1-5H. The molecule has 2 rings (SSSR count). The molecule has 0 aromatic carbocycles. The van der Waals surface area contributed by atoms with Crippen LogP contribution >= 0.6 is 31.9 Å². The Morgan fingerprint density at radius 3 is 2.77 bits per heavy atom. The minimum atomic E-state index is 0.816. The number of nitrogens with zero attached hydrogens (tertiary/aromatic N) is 3. The van der Waals surface area contributed by atoms with Crippen LogP contribution in [0.4, 0.5) is 0 Å². The molecular formula is C8H5Br2N3. The molecule has 0 aliphatic carbocycles. The van der Waals surface area contributed by atoms with E-state index >= 15 is 0 Å². The van der Waals surface area contributed by atoms with Crippen molar-refractivity contribution >= 4 is 31.9 Å². The maximum absolute atomic E-state index is 4.07. The summed E-state index contributed by atoms with van der Waals surface area (Å²) in [7, 11) is 0. The molecule has 0 aliphatic rings. The lowest BCUT2D eigenvalue weighted by Crippen LogP contribution is -1.91. The normalized spacial score (nSPS) is 10.3. The predicted molar refractivity (Wildman–Crippen MR) is 56.8 cm³/mol. The van der Waals surface area contributed by atoms with Gasteiger partial charge in [0.15, 0.2) is 0 Å². The molecule has 2 aromatic rings. The van der Waals surface area contributed by atoms with Crippen LogP contribution in [0.1, 0.15) is 0 Å². The highest BCUT2D eigenvalue weighted by molar-refractivity contribution is 9.10. The lowest BCUT2D eigenvalue weighted by molar-refractivity contribution is 1.04. The fourth-order valence-electron chi connectivity index (χ4n) is 1.01. The van der Waals surface area contributed by atoms with Crippen LogP contribution in [0.15, 0.2) is 40.1 Å². The quantitative estimate of drug-likeness (QED) is 0.811. The summed E-state index contributed by atoms with van der Waals surface area (Å²) in [4.78, 5) is 8.06. The summed E-state index contributed by atoms with van der Waals surface area (Å²) in [5.41, 5.74) is 1.02. The Kier molecular flexibility index (Phi) is 2.46. The zero-order valence-electron chi connectivity index (χ0n) is 6.48. The van der Waals surface area contributed by atoms with Crippen molar-refractivity contribution in [3.8, 4) is 5.69 Å². The van der Waals surface area contributed by atoms with E-state index in [1.165, 1.54) is 0 Å². The number of hydrogen-bond donors (Lipinski definition) is 0. The molecule has 0 amide bonds. The van der Waals surface area contributed by atoms with Gasteiger partial charge in [0, 0.05) is 18.6 Å². The first-order chi connectivity index (χ1) is 6.27. The smallest absolute Gasteiger partial charge is 0.124 e. The largest absolute Gasteiger partial charge is 0.304 e. The third-order valence-corrected chi connectivity index (χ3v) is 2.60. The molecule has 13 heavy (non-hydrogen) atoms. The van der Waals surface area contributed by atoms with E-state index in [0.29, 0.717) is 0 Å². The molecule has 0 fully saturated rings. The van der Waals surface area contributed by atoms with Gasteiger partial charge in [-0.3, -0.25) is 4.98 Å². The molecule has 0 bridgehead atoms. The van der Waals surface area contributed by atoms with E-state index in [9.17, 15) is 0 Å². The van der Waals surface area contributed by atoms with Gasteiger partial charge in [-0.05, 0) is 37.9 Å². The Morgan fingerprint density at radius 1 is 1.31 bits per heavy atom. The van der Waals surface area contributed by atoms with E-state index in [1.807, 2.05) is 16.8 Å². The second kappa shape index (κ2) is 3.59. The molecule has 0 aliphatic heterocycles. The molecule has 0 spiro atoms. The Balaban J connectivity index is 2.52. The first kappa shape index (κ1) is 8.90. The average molecular weight is 303 g/mol. The third kappa shape index (κ3) is 1.81. The zero-order chi connectivity index (χ0) is 9.26. The summed E-state index contributed by atoms with van der Waals surface area (Å²) >= 11 is 6.71. The molecule has 0 radical (unpaired) electrons. The number of hydrogen-bond acceptors (Lipinski definition) is 2. The number of imidazole rings is 1. The molecule has 0 saturated heterocycles. The second-order valence-corrected chi connectivity index (χ2v) is 4.10. The molecule has 66 valence electrons. The SMILES string of the molecule is Brc1cn(-c2ccncc2Br)cn1. The topological polar surface area (TPSA) is 30.7 Å². The predicted octanol–water partition coefficient (Wildman–Crippen LogP) is 2.79. The van der Waals surface area contributed by atoms with Crippen LogP contribution < -0.4 is 0 Å². The molecule has 0 N–H and O–H groups in total. The summed E-state index contributed by atoms with van der Waals surface area (Å²) in [6.45, 7) is 0. The van der Waals surface area contributed by atoms with E-state index in [1.54, 1.807) is 18.7 Å². The van der Waals surface area contributed by atoms with Crippen molar-refractivity contribution in [3.63, 3.8) is 0 Å². The molecule has 2 heterocycles.